The lowest BCUT2D eigenvalue weighted by molar-refractivity contribution is 0.102. The molecule has 1 amide bonds. The minimum atomic E-state index is -1.07. The first-order valence-electron chi connectivity index (χ1n) is 8.49. The third kappa shape index (κ3) is 3.27. The standard InChI is InChI=1S/C18H14FN9O/c1-18(9-28-16(15(21)24-18)25-26-27-28)12-6-11(3-4-13(12)19)23-17(29)14-5-2-10(7-20)8-22-14/h2-6,8H,9H2,1H3,(H2,21,24)(H,23,29)/t18-/m0/s1. The molecule has 2 aromatic heterocycles. The molecule has 3 N–H and O–H groups in total. The van der Waals surface area contributed by atoms with Gasteiger partial charge in [0.25, 0.3) is 5.91 Å². The summed E-state index contributed by atoms with van der Waals surface area (Å²) in [7, 11) is 0. The Morgan fingerprint density at radius 3 is 2.93 bits per heavy atom. The molecule has 11 heteroatoms. The predicted octanol–water partition coefficient (Wildman–Crippen LogP) is 0.965. The third-order valence-electron chi connectivity index (χ3n) is 4.52. The number of rotatable bonds is 3. The molecule has 0 spiro atoms. The highest BCUT2D eigenvalue weighted by molar-refractivity contribution is 6.03. The van der Waals surface area contributed by atoms with Crippen LogP contribution in [-0.2, 0) is 12.1 Å². The van der Waals surface area contributed by atoms with Crippen molar-refractivity contribution in [2.24, 2.45) is 10.7 Å². The molecule has 1 aliphatic rings. The van der Waals surface area contributed by atoms with Crippen LogP contribution in [-0.4, -0.2) is 36.9 Å². The summed E-state index contributed by atoms with van der Waals surface area (Å²) < 4.78 is 16.1. The molecule has 0 fully saturated rings. The summed E-state index contributed by atoms with van der Waals surface area (Å²) in [6, 6.07) is 9.02. The van der Waals surface area contributed by atoms with Crippen LogP contribution in [0.1, 0.15) is 34.4 Å². The van der Waals surface area contributed by atoms with Gasteiger partial charge in [0.2, 0.25) is 5.82 Å². The van der Waals surface area contributed by atoms with Gasteiger partial charge in [0, 0.05) is 17.4 Å². The first kappa shape index (κ1) is 18.2. The van der Waals surface area contributed by atoms with Crippen molar-refractivity contribution in [2.75, 3.05) is 5.32 Å². The Kier molecular flexibility index (Phi) is 4.23. The van der Waals surface area contributed by atoms with Gasteiger partial charge in [-0.2, -0.15) is 5.26 Å². The quantitative estimate of drug-likeness (QED) is 0.676. The summed E-state index contributed by atoms with van der Waals surface area (Å²) in [5, 5.41) is 22.7. The lowest BCUT2D eigenvalue weighted by Crippen LogP contribution is -2.38. The van der Waals surface area contributed by atoms with Crippen molar-refractivity contribution >= 4 is 17.4 Å². The molecular formula is C18H14FN9O. The van der Waals surface area contributed by atoms with Gasteiger partial charge in [-0.3, -0.25) is 9.79 Å². The number of tetrazole rings is 1. The maximum absolute atomic E-state index is 14.6. The summed E-state index contributed by atoms with van der Waals surface area (Å²) in [5.74, 6) is -0.583. The molecule has 10 nitrogen and oxygen atoms in total. The molecular weight excluding hydrogens is 377 g/mol. The smallest absolute Gasteiger partial charge is 0.274 e. The highest BCUT2D eigenvalue weighted by atomic mass is 19.1. The zero-order chi connectivity index (χ0) is 20.6. The van der Waals surface area contributed by atoms with Crippen LogP contribution >= 0.6 is 0 Å². The molecule has 0 bridgehead atoms. The number of carbonyl (C=O) groups is 1. The van der Waals surface area contributed by atoms with E-state index in [4.69, 9.17) is 11.0 Å². The van der Waals surface area contributed by atoms with E-state index < -0.39 is 17.3 Å². The van der Waals surface area contributed by atoms with Gasteiger partial charge in [-0.1, -0.05) is 0 Å². The molecule has 0 aliphatic carbocycles. The van der Waals surface area contributed by atoms with Crippen LogP contribution in [0, 0.1) is 17.1 Å². The number of pyridine rings is 1. The van der Waals surface area contributed by atoms with Gasteiger partial charge >= 0.3 is 0 Å². The van der Waals surface area contributed by atoms with Crippen molar-refractivity contribution in [1.82, 2.24) is 25.2 Å². The monoisotopic (exact) mass is 391 g/mol. The number of nitriles is 1. The minimum Gasteiger partial charge on any atom is -0.381 e. The molecule has 1 aromatic carbocycles. The van der Waals surface area contributed by atoms with E-state index in [2.05, 4.69) is 30.8 Å². The second-order valence-corrected chi connectivity index (χ2v) is 6.62. The van der Waals surface area contributed by atoms with Crippen molar-refractivity contribution in [3.05, 3.63) is 65.0 Å². The number of amides is 1. The fourth-order valence-electron chi connectivity index (χ4n) is 3.09. The van der Waals surface area contributed by atoms with E-state index in [-0.39, 0.29) is 23.6 Å². The molecule has 0 unspecified atom stereocenters. The molecule has 0 saturated heterocycles. The molecule has 3 aromatic rings. The van der Waals surface area contributed by atoms with Gasteiger partial charge < -0.3 is 11.1 Å². The van der Waals surface area contributed by atoms with Crippen LogP contribution in [0.5, 0.6) is 0 Å². The summed E-state index contributed by atoms with van der Waals surface area (Å²) in [4.78, 5) is 20.8. The number of anilines is 1. The van der Waals surface area contributed by atoms with Crippen molar-refractivity contribution in [2.45, 2.75) is 19.0 Å². The summed E-state index contributed by atoms with van der Waals surface area (Å²) >= 11 is 0. The molecule has 0 radical (unpaired) electrons. The minimum absolute atomic E-state index is 0.0966. The van der Waals surface area contributed by atoms with Crippen LogP contribution in [0.4, 0.5) is 10.1 Å². The predicted molar refractivity (Wildman–Crippen MR) is 99.2 cm³/mol. The molecule has 1 aliphatic heterocycles. The van der Waals surface area contributed by atoms with Crippen molar-refractivity contribution in [3.8, 4) is 6.07 Å². The first-order chi connectivity index (χ1) is 13.9. The number of aromatic nitrogens is 5. The number of fused-ring (bicyclic) bond motifs is 1. The van der Waals surface area contributed by atoms with Crippen LogP contribution in [0.3, 0.4) is 0 Å². The Balaban J connectivity index is 1.63. The first-order valence-corrected chi connectivity index (χ1v) is 8.49. The molecule has 29 heavy (non-hydrogen) atoms. The lowest BCUT2D eigenvalue weighted by atomic mass is 9.90. The average Bonchev–Trinajstić information content (AvgIpc) is 3.18. The molecule has 0 saturated carbocycles. The van der Waals surface area contributed by atoms with Gasteiger partial charge in [0.05, 0.1) is 12.1 Å². The number of benzene rings is 1. The Labute approximate surface area is 163 Å². The maximum atomic E-state index is 14.6. The number of amidine groups is 1. The maximum Gasteiger partial charge on any atom is 0.274 e. The Hall–Kier alpha value is -4.20. The van der Waals surface area contributed by atoms with Gasteiger partial charge in [-0.05, 0) is 47.7 Å². The fourth-order valence-corrected chi connectivity index (χ4v) is 3.09. The van der Waals surface area contributed by atoms with E-state index in [0.717, 1.165) is 0 Å². The fraction of sp³-hybridized carbons (Fsp3) is 0.167. The van der Waals surface area contributed by atoms with Crippen LogP contribution in [0.2, 0.25) is 0 Å². The van der Waals surface area contributed by atoms with E-state index in [1.165, 1.54) is 41.2 Å². The second-order valence-electron chi connectivity index (χ2n) is 6.62. The SMILES string of the molecule is C[C@@]1(c2cc(NC(=O)c3ccc(C#N)cn3)ccc2F)Cn2nnnc2C(N)=N1. The summed E-state index contributed by atoms with van der Waals surface area (Å²) in [6.45, 7) is 1.89. The Morgan fingerprint density at radius 2 is 2.21 bits per heavy atom. The highest BCUT2D eigenvalue weighted by Gasteiger charge is 2.36. The Bertz CT molecular complexity index is 1180. The number of halogens is 1. The third-order valence-corrected chi connectivity index (χ3v) is 4.52. The summed E-state index contributed by atoms with van der Waals surface area (Å²) in [5.41, 5.74) is 5.92. The number of hydrogen-bond acceptors (Lipinski definition) is 8. The number of nitrogens with two attached hydrogens (primary N) is 1. The van der Waals surface area contributed by atoms with Gasteiger partial charge in [-0.15, -0.1) is 5.10 Å². The summed E-state index contributed by atoms with van der Waals surface area (Å²) in [6.07, 6.45) is 1.30. The van der Waals surface area contributed by atoms with Gasteiger partial charge in [0.1, 0.15) is 23.1 Å². The zero-order valence-corrected chi connectivity index (χ0v) is 15.2. The Morgan fingerprint density at radius 1 is 1.38 bits per heavy atom. The van der Waals surface area contributed by atoms with E-state index >= 15 is 0 Å². The molecule has 4 rings (SSSR count). The van der Waals surface area contributed by atoms with Crippen molar-refractivity contribution in [3.63, 3.8) is 0 Å². The number of aliphatic imine (C=N–C) groups is 1. The number of carbonyl (C=O) groups excluding carboxylic acids is 1. The van der Waals surface area contributed by atoms with Crippen molar-refractivity contribution < 1.29 is 9.18 Å². The van der Waals surface area contributed by atoms with E-state index in [1.54, 1.807) is 6.92 Å². The van der Waals surface area contributed by atoms with Gasteiger partial charge in [-0.25, -0.2) is 14.1 Å². The number of nitrogens with one attached hydrogen (secondary N) is 1. The van der Waals surface area contributed by atoms with Crippen LogP contribution in [0.25, 0.3) is 0 Å². The normalized spacial score (nSPS) is 17.8. The second kappa shape index (κ2) is 6.75. The molecule has 1 atom stereocenters. The van der Waals surface area contributed by atoms with E-state index in [0.29, 0.717) is 17.1 Å². The van der Waals surface area contributed by atoms with E-state index in [9.17, 15) is 9.18 Å². The number of hydrogen-bond donors (Lipinski definition) is 2. The highest BCUT2D eigenvalue weighted by Crippen LogP contribution is 2.34. The zero-order valence-electron chi connectivity index (χ0n) is 15.2. The molecule has 3 heterocycles. The number of nitrogens with zero attached hydrogens (tertiary/aromatic N) is 7. The lowest BCUT2D eigenvalue weighted by Gasteiger charge is -2.30. The van der Waals surface area contributed by atoms with E-state index in [1.807, 2.05) is 6.07 Å². The molecule has 144 valence electrons. The van der Waals surface area contributed by atoms with Crippen molar-refractivity contribution in [1.29, 1.82) is 5.26 Å². The van der Waals surface area contributed by atoms with Crippen LogP contribution < -0.4 is 11.1 Å². The largest absolute Gasteiger partial charge is 0.381 e. The van der Waals surface area contributed by atoms with Gasteiger partial charge in [0.15, 0.2) is 5.84 Å². The van der Waals surface area contributed by atoms with Crippen LogP contribution in [0.15, 0.2) is 41.5 Å². The topological polar surface area (TPSA) is 148 Å². The average molecular weight is 391 g/mol.